The number of hydrogen-bond acceptors (Lipinski definition) is 3. The van der Waals surface area contributed by atoms with E-state index in [2.05, 4.69) is 58.0 Å². The van der Waals surface area contributed by atoms with E-state index in [1.165, 1.54) is 41.7 Å². The summed E-state index contributed by atoms with van der Waals surface area (Å²) in [6, 6.07) is 7.12. The Morgan fingerprint density at radius 3 is 2.68 bits per heavy atom. The molecule has 0 radical (unpaired) electrons. The smallest absolute Gasteiger partial charge is 0.129 e. The van der Waals surface area contributed by atoms with Crippen LogP contribution in [0.15, 0.2) is 23.4 Å². The summed E-state index contributed by atoms with van der Waals surface area (Å²) in [7, 11) is 0. The molecular formula is C22H34N2O. The summed E-state index contributed by atoms with van der Waals surface area (Å²) in [5.74, 6) is 1.17. The first-order chi connectivity index (χ1) is 11.8. The normalized spacial score (nSPS) is 29.4. The molecule has 3 rings (SSSR count). The molecule has 0 aromatic heterocycles. The van der Waals surface area contributed by atoms with Gasteiger partial charge in [-0.3, -0.25) is 0 Å². The van der Waals surface area contributed by atoms with E-state index in [1.54, 1.807) is 0 Å². The van der Waals surface area contributed by atoms with Gasteiger partial charge in [0.2, 0.25) is 0 Å². The average Bonchev–Trinajstić information content (AvgIpc) is 2.56. The van der Waals surface area contributed by atoms with Crippen molar-refractivity contribution in [1.29, 1.82) is 0 Å². The zero-order valence-electron chi connectivity index (χ0n) is 16.6. The molecular weight excluding hydrogens is 308 g/mol. The van der Waals surface area contributed by atoms with Crippen molar-refractivity contribution in [3.05, 3.63) is 34.9 Å². The van der Waals surface area contributed by atoms with Crippen molar-refractivity contribution < 1.29 is 4.84 Å². The summed E-state index contributed by atoms with van der Waals surface area (Å²) in [4.78, 5) is 5.54. The van der Waals surface area contributed by atoms with Crippen molar-refractivity contribution in [1.82, 2.24) is 0 Å². The van der Waals surface area contributed by atoms with Crippen LogP contribution in [0.5, 0.6) is 0 Å². The number of aryl methyl sites for hydroxylation is 1. The standard InChI is InChI=1S/C22H34N2O/c1-15(2)16-6-8-18-17(14-16)7-9-19-21(3,4)11-10-20(22(18,19)5)24-25-13-12-23/h6,8,14-15,19H,7,9-13,23H2,1-5H3/t19?,22-/m1/s1. The highest BCUT2D eigenvalue weighted by Crippen LogP contribution is 2.56. The van der Waals surface area contributed by atoms with Crippen molar-refractivity contribution in [3.63, 3.8) is 0 Å². The van der Waals surface area contributed by atoms with Crippen LogP contribution in [0, 0.1) is 11.3 Å². The third-order valence-corrected chi connectivity index (χ3v) is 6.69. The van der Waals surface area contributed by atoms with Gasteiger partial charge < -0.3 is 10.6 Å². The summed E-state index contributed by atoms with van der Waals surface area (Å²) in [6.07, 6.45) is 4.60. The number of rotatable bonds is 4. The monoisotopic (exact) mass is 342 g/mol. The SMILES string of the molecule is CC(C)c1ccc2c(c1)CCC1C(C)(C)CCC(=NOCCN)[C@]21C. The van der Waals surface area contributed by atoms with Crippen LogP contribution in [0.4, 0.5) is 0 Å². The molecule has 1 saturated carbocycles. The molecule has 2 aliphatic carbocycles. The predicted octanol–water partition coefficient (Wildman–Crippen LogP) is 4.78. The van der Waals surface area contributed by atoms with Gasteiger partial charge >= 0.3 is 0 Å². The molecule has 2 N–H and O–H groups in total. The fourth-order valence-electron chi connectivity index (χ4n) is 5.18. The minimum atomic E-state index is -0.0283. The van der Waals surface area contributed by atoms with Crippen LogP contribution in [0.25, 0.3) is 0 Å². The van der Waals surface area contributed by atoms with Crippen LogP contribution in [0.1, 0.15) is 76.5 Å². The minimum absolute atomic E-state index is 0.0283. The second-order valence-corrected chi connectivity index (χ2v) is 9.01. The maximum Gasteiger partial charge on any atom is 0.129 e. The van der Waals surface area contributed by atoms with Crippen LogP contribution < -0.4 is 5.73 Å². The maximum atomic E-state index is 5.58. The van der Waals surface area contributed by atoms with E-state index in [1.807, 2.05) is 0 Å². The van der Waals surface area contributed by atoms with Crippen molar-refractivity contribution in [2.24, 2.45) is 22.2 Å². The first-order valence-electron chi connectivity index (χ1n) is 9.83. The molecule has 2 aliphatic rings. The largest absolute Gasteiger partial charge is 0.394 e. The Labute approximate surface area is 153 Å². The van der Waals surface area contributed by atoms with Gasteiger partial charge in [0.05, 0.1) is 5.71 Å². The summed E-state index contributed by atoms with van der Waals surface area (Å²) < 4.78 is 0. The quantitative estimate of drug-likeness (QED) is 0.632. The molecule has 0 bridgehead atoms. The Kier molecular flexibility index (Phi) is 4.98. The van der Waals surface area contributed by atoms with Crippen LogP contribution >= 0.6 is 0 Å². The topological polar surface area (TPSA) is 47.6 Å². The molecule has 1 aromatic carbocycles. The Bertz CT molecular complexity index is 662. The molecule has 0 amide bonds. The fraction of sp³-hybridized carbons (Fsp3) is 0.682. The number of oxime groups is 1. The highest BCUT2D eigenvalue weighted by Gasteiger charge is 2.53. The molecule has 0 saturated heterocycles. The third kappa shape index (κ3) is 3.12. The van der Waals surface area contributed by atoms with E-state index in [0.29, 0.717) is 30.4 Å². The van der Waals surface area contributed by atoms with Gasteiger partial charge in [0.1, 0.15) is 6.61 Å². The van der Waals surface area contributed by atoms with Gasteiger partial charge in [0, 0.05) is 12.0 Å². The second kappa shape index (κ2) is 6.75. The number of nitrogens with two attached hydrogens (primary N) is 1. The molecule has 1 aromatic rings. The lowest BCUT2D eigenvalue weighted by Gasteiger charge is -2.54. The molecule has 1 fully saturated rings. The summed E-state index contributed by atoms with van der Waals surface area (Å²) in [6.45, 7) is 12.8. The van der Waals surface area contributed by atoms with E-state index in [0.717, 1.165) is 6.42 Å². The molecule has 0 aliphatic heterocycles. The van der Waals surface area contributed by atoms with Gasteiger partial charge in [-0.05, 0) is 66.5 Å². The Balaban J connectivity index is 2.09. The van der Waals surface area contributed by atoms with Crippen LogP contribution in [-0.2, 0) is 16.7 Å². The van der Waals surface area contributed by atoms with Crippen LogP contribution in [0.3, 0.4) is 0 Å². The average molecular weight is 343 g/mol. The van der Waals surface area contributed by atoms with E-state index in [4.69, 9.17) is 10.6 Å². The Morgan fingerprint density at radius 2 is 2.00 bits per heavy atom. The highest BCUT2D eigenvalue weighted by molar-refractivity contribution is 5.96. The zero-order chi connectivity index (χ0) is 18.2. The lowest BCUT2D eigenvalue weighted by Crippen LogP contribution is -2.53. The summed E-state index contributed by atoms with van der Waals surface area (Å²) >= 11 is 0. The number of hydrogen-bond donors (Lipinski definition) is 1. The van der Waals surface area contributed by atoms with E-state index < -0.39 is 0 Å². The van der Waals surface area contributed by atoms with Gasteiger partial charge in [-0.25, -0.2) is 0 Å². The van der Waals surface area contributed by atoms with Crippen molar-refractivity contribution >= 4 is 5.71 Å². The van der Waals surface area contributed by atoms with Crippen molar-refractivity contribution in [2.45, 2.75) is 71.6 Å². The number of nitrogens with zero attached hydrogens (tertiary/aromatic N) is 1. The molecule has 3 heteroatoms. The first kappa shape index (κ1) is 18.4. The van der Waals surface area contributed by atoms with Crippen LogP contribution in [0.2, 0.25) is 0 Å². The van der Waals surface area contributed by atoms with Crippen molar-refractivity contribution in [2.75, 3.05) is 13.2 Å². The van der Waals surface area contributed by atoms with E-state index in [9.17, 15) is 0 Å². The fourth-order valence-corrected chi connectivity index (χ4v) is 5.18. The molecule has 0 spiro atoms. The molecule has 1 unspecified atom stereocenters. The zero-order valence-corrected chi connectivity index (χ0v) is 16.6. The lowest BCUT2D eigenvalue weighted by atomic mass is 9.49. The predicted molar refractivity (Wildman–Crippen MR) is 105 cm³/mol. The number of fused-ring (bicyclic) bond motifs is 3. The molecule has 2 atom stereocenters. The molecule has 25 heavy (non-hydrogen) atoms. The van der Waals surface area contributed by atoms with Crippen molar-refractivity contribution in [3.8, 4) is 0 Å². The Hall–Kier alpha value is -1.35. The lowest BCUT2D eigenvalue weighted by molar-refractivity contribution is 0.0932. The van der Waals surface area contributed by atoms with Gasteiger partial charge in [-0.15, -0.1) is 0 Å². The number of benzene rings is 1. The van der Waals surface area contributed by atoms with Gasteiger partial charge in [0.25, 0.3) is 0 Å². The van der Waals surface area contributed by atoms with E-state index in [-0.39, 0.29) is 5.41 Å². The van der Waals surface area contributed by atoms with Gasteiger partial charge in [0.15, 0.2) is 0 Å². The summed E-state index contributed by atoms with van der Waals surface area (Å²) in [5, 5.41) is 4.59. The second-order valence-electron chi connectivity index (χ2n) is 9.01. The first-order valence-corrected chi connectivity index (χ1v) is 9.83. The third-order valence-electron chi connectivity index (χ3n) is 6.69. The highest BCUT2D eigenvalue weighted by atomic mass is 16.6. The molecule has 3 nitrogen and oxygen atoms in total. The van der Waals surface area contributed by atoms with Crippen LogP contribution in [-0.4, -0.2) is 18.9 Å². The summed E-state index contributed by atoms with van der Waals surface area (Å²) in [5.41, 5.74) is 11.5. The Morgan fingerprint density at radius 1 is 1.24 bits per heavy atom. The molecule has 0 heterocycles. The van der Waals surface area contributed by atoms with Gasteiger partial charge in [-0.1, -0.05) is 51.0 Å². The van der Waals surface area contributed by atoms with Gasteiger partial charge in [-0.2, -0.15) is 0 Å². The van der Waals surface area contributed by atoms with E-state index >= 15 is 0 Å². The maximum absolute atomic E-state index is 5.58. The minimum Gasteiger partial charge on any atom is -0.394 e. The molecule has 138 valence electrons.